The fourth-order valence-electron chi connectivity index (χ4n) is 0.936. The summed E-state index contributed by atoms with van der Waals surface area (Å²) in [5.41, 5.74) is 4.79. The van der Waals surface area contributed by atoms with E-state index in [-0.39, 0.29) is 10.9 Å². The lowest BCUT2D eigenvalue weighted by atomic mass is 10.2. The molecule has 6 heteroatoms. The number of amides is 1. The van der Waals surface area contributed by atoms with Crippen molar-refractivity contribution in [1.29, 1.82) is 0 Å². The summed E-state index contributed by atoms with van der Waals surface area (Å²) in [4.78, 5) is 28.4. The van der Waals surface area contributed by atoms with Crippen LogP contribution in [0.15, 0.2) is 24.3 Å². The van der Waals surface area contributed by atoms with Crippen LogP contribution < -0.4 is 11.0 Å². The van der Waals surface area contributed by atoms with Gasteiger partial charge in [0, 0.05) is 0 Å². The third-order valence-electron chi connectivity index (χ3n) is 1.48. The van der Waals surface area contributed by atoms with Crippen molar-refractivity contribution in [3.05, 3.63) is 29.8 Å². The first kappa shape index (κ1) is 9.92. The van der Waals surface area contributed by atoms with Crippen molar-refractivity contribution >= 4 is 18.8 Å². The Balaban J connectivity index is 3.37. The second-order valence-electron chi connectivity index (χ2n) is 2.43. The van der Waals surface area contributed by atoms with Crippen molar-refractivity contribution in [2.24, 2.45) is 5.73 Å². The van der Waals surface area contributed by atoms with Crippen LogP contribution in [-0.2, 0) is 4.57 Å². The van der Waals surface area contributed by atoms with E-state index in [0.717, 1.165) is 0 Å². The molecule has 1 rings (SSSR count). The molecule has 1 amide bonds. The Bertz CT molecular complexity index is 384. The molecule has 13 heavy (non-hydrogen) atoms. The Morgan fingerprint density at radius 2 is 1.85 bits per heavy atom. The highest BCUT2D eigenvalue weighted by atomic mass is 31.2. The van der Waals surface area contributed by atoms with Crippen LogP contribution in [0.4, 0.5) is 0 Å². The van der Waals surface area contributed by atoms with Gasteiger partial charge in [-0.2, -0.15) is 0 Å². The molecule has 0 saturated heterocycles. The minimum atomic E-state index is -4.41. The molecule has 1 aromatic rings. The van der Waals surface area contributed by atoms with Crippen LogP contribution in [0, 0.1) is 0 Å². The molecule has 0 aliphatic rings. The number of carbonyl (C=O) groups excluding carboxylic acids is 1. The number of hydrogen-bond acceptors (Lipinski definition) is 2. The summed E-state index contributed by atoms with van der Waals surface area (Å²) in [6.45, 7) is 0. The van der Waals surface area contributed by atoms with Gasteiger partial charge in [0.1, 0.15) is 0 Å². The Hall–Kier alpha value is -1.16. The summed E-state index contributed by atoms with van der Waals surface area (Å²) < 4.78 is 10.8. The fourth-order valence-corrected chi connectivity index (χ4v) is 1.71. The molecule has 0 bridgehead atoms. The average molecular weight is 201 g/mol. The maximum Gasteiger partial charge on any atom is 0.357 e. The molecule has 0 atom stereocenters. The molecule has 4 N–H and O–H groups in total. The average Bonchev–Trinajstić information content (AvgIpc) is 2.03. The van der Waals surface area contributed by atoms with E-state index >= 15 is 0 Å². The standard InChI is InChI=1S/C7H8NO4P/c8-7(9)5-3-1-2-4-6(5)13(10,11)12/h1-4H,(H2,8,9)(H2,10,11,12). The van der Waals surface area contributed by atoms with Crippen LogP contribution in [0.5, 0.6) is 0 Å². The number of carbonyl (C=O) groups is 1. The van der Waals surface area contributed by atoms with Gasteiger partial charge in [0.05, 0.1) is 10.9 Å². The van der Waals surface area contributed by atoms with Crippen molar-refractivity contribution in [1.82, 2.24) is 0 Å². The minimum Gasteiger partial charge on any atom is -0.366 e. The van der Waals surface area contributed by atoms with Crippen LogP contribution in [-0.4, -0.2) is 15.7 Å². The lowest BCUT2D eigenvalue weighted by Gasteiger charge is -2.06. The molecular formula is C7H8NO4P. The predicted molar refractivity (Wildman–Crippen MR) is 46.6 cm³/mol. The topological polar surface area (TPSA) is 101 Å². The largest absolute Gasteiger partial charge is 0.366 e. The highest BCUT2D eigenvalue weighted by Gasteiger charge is 2.22. The predicted octanol–water partition coefficient (Wildman–Crippen LogP) is -0.412. The van der Waals surface area contributed by atoms with Gasteiger partial charge < -0.3 is 15.5 Å². The zero-order chi connectivity index (χ0) is 10.1. The molecule has 0 heterocycles. The number of primary amides is 1. The Morgan fingerprint density at radius 1 is 1.31 bits per heavy atom. The molecule has 0 fully saturated rings. The van der Waals surface area contributed by atoms with Gasteiger partial charge in [0.15, 0.2) is 0 Å². The molecule has 0 saturated carbocycles. The molecule has 1 aromatic carbocycles. The van der Waals surface area contributed by atoms with Gasteiger partial charge in [0.25, 0.3) is 0 Å². The maximum absolute atomic E-state index is 10.8. The van der Waals surface area contributed by atoms with Crippen molar-refractivity contribution in [2.45, 2.75) is 0 Å². The van der Waals surface area contributed by atoms with Crippen molar-refractivity contribution in [3.63, 3.8) is 0 Å². The van der Waals surface area contributed by atoms with Gasteiger partial charge in [-0.15, -0.1) is 0 Å². The third-order valence-corrected chi connectivity index (χ3v) is 2.50. The Kier molecular flexibility index (Phi) is 2.52. The monoisotopic (exact) mass is 201 g/mol. The summed E-state index contributed by atoms with van der Waals surface area (Å²) in [7, 11) is -4.41. The normalized spacial score (nSPS) is 11.2. The molecular weight excluding hydrogens is 193 g/mol. The second-order valence-corrected chi connectivity index (χ2v) is 4.00. The lowest BCUT2D eigenvalue weighted by molar-refractivity contribution is 0.100. The van der Waals surface area contributed by atoms with E-state index in [1.165, 1.54) is 24.3 Å². The molecule has 0 spiro atoms. The van der Waals surface area contributed by atoms with Crippen molar-refractivity contribution < 1.29 is 19.1 Å². The molecule has 70 valence electrons. The van der Waals surface area contributed by atoms with Crippen LogP contribution in [0.3, 0.4) is 0 Å². The molecule has 0 aliphatic heterocycles. The first-order valence-corrected chi connectivity index (χ1v) is 4.99. The first-order valence-electron chi connectivity index (χ1n) is 3.38. The van der Waals surface area contributed by atoms with Gasteiger partial charge in [-0.1, -0.05) is 12.1 Å². The molecule has 0 aliphatic carbocycles. The third kappa shape index (κ3) is 2.15. The number of nitrogens with two attached hydrogens (primary N) is 1. The molecule has 5 nitrogen and oxygen atoms in total. The van der Waals surface area contributed by atoms with Crippen LogP contribution in [0.2, 0.25) is 0 Å². The van der Waals surface area contributed by atoms with E-state index in [9.17, 15) is 9.36 Å². The van der Waals surface area contributed by atoms with E-state index in [0.29, 0.717) is 0 Å². The van der Waals surface area contributed by atoms with Gasteiger partial charge in [0.2, 0.25) is 5.91 Å². The van der Waals surface area contributed by atoms with Gasteiger partial charge in [-0.3, -0.25) is 9.36 Å². The van der Waals surface area contributed by atoms with Crippen molar-refractivity contribution in [2.75, 3.05) is 0 Å². The Labute approximate surface area is 74.3 Å². The van der Waals surface area contributed by atoms with E-state index in [4.69, 9.17) is 15.5 Å². The summed E-state index contributed by atoms with van der Waals surface area (Å²) in [5, 5.41) is -0.331. The van der Waals surface area contributed by atoms with Gasteiger partial charge >= 0.3 is 7.60 Å². The van der Waals surface area contributed by atoms with Crippen LogP contribution in [0.25, 0.3) is 0 Å². The quantitative estimate of drug-likeness (QED) is 0.566. The smallest absolute Gasteiger partial charge is 0.357 e. The Morgan fingerprint density at radius 3 is 2.23 bits per heavy atom. The fraction of sp³-hybridized carbons (Fsp3) is 0. The van der Waals surface area contributed by atoms with E-state index in [1.807, 2.05) is 0 Å². The number of hydrogen-bond donors (Lipinski definition) is 3. The molecule has 0 unspecified atom stereocenters. The van der Waals surface area contributed by atoms with E-state index in [2.05, 4.69) is 0 Å². The number of benzene rings is 1. The zero-order valence-electron chi connectivity index (χ0n) is 6.54. The minimum absolute atomic E-state index is 0.143. The summed E-state index contributed by atoms with van der Waals surface area (Å²) in [6, 6.07) is 5.37. The molecule has 0 radical (unpaired) electrons. The highest BCUT2D eigenvalue weighted by Crippen LogP contribution is 2.34. The highest BCUT2D eigenvalue weighted by molar-refractivity contribution is 7.60. The second kappa shape index (κ2) is 3.30. The summed E-state index contributed by atoms with van der Waals surface area (Å²) in [5.74, 6) is -0.848. The van der Waals surface area contributed by atoms with E-state index < -0.39 is 13.5 Å². The molecule has 0 aromatic heterocycles. The summed E-state index contributed by atoms with van der Waals surface area (Å²) >= 11 is 0. The first-order chi connectivity index (χ1) is 5.93. The summed E-state index contributed by atoms with van der Waals surface area (Å²) in [6.07, 6.45) is 0. The van der Waals surface area contributed by atoms with E-state index in [1.54, 1.807) is 0 Å². The zero-order valence-corrected chi connectivity index (χ0v) is 7.44. The maximum atomic E-state index is 10.8. The van der Waals surface area contributed by atoms with Crippen LogP contribution in [0.1, 0.15) is 10.4 Å². The van der Waals surface area contributed by atoms with Gasteiger partial charge in [-0.25, -0.2) is 0 Å². The SMILES string of the molecule is NC(=O)c1ccccc1P(=O)(O)O. The van der Waals surface area contributed by atoms with Crippen LogP contribution >= 0.6 is 7.60 Å². The van der Waals surface area contributed by atoms with Gasteiger partial charge in [-0.05, 0) is 12.1 Å². The van der Waals surface area contributed by atoms with Crippen molar-refractivity contribution in [3.8, 4) is 0 Å². The number of rotatable bonds is 2. The lowest BCUT2D eigenvalue weighted by Crippen LogP contribution is -2.21.